The van der Waals surface area contributed by atoms with E-state index in [0.29, 0.717) is 10.8 Å². The minimum Gasteiger partial charge on any atom is -0.348 e. The fraction of sp³-hybridized carbons (Fsp3) is 0.250. The van der Waals surface area contributed by atoms with E-state index in [9.17, 15) is 15.4 Å². The molecule has 2 heterocycles. The molecule has 1 aromatic heterocycles. The Labute approximate surface area is 138 Å². The molecule has 1 aliphatic rings. The average Bonchev–Trinajstić information content (AvgIpc) is 3.04. The second-order valence-electron chi connectivity index (χ2n) is 5.34. The maximum Gasteiger partial charge on any atom is 0.289 e. The number of halogens is 1. The summed E-state index contributed by atoms with van der Waals surface area (Å²) in [4.78, 5) is 16.5. The number of pyridine rings is 1. The zero-order chi connectivity index (χ0) is 16.4. The van der Waals surface area contributed by atoms with Crippen LogP contribution in [0.15, 0.2) is 36.5 Å². The molecule has 0 amide bonds. The molecule has 3 rings (SSSR count). The quantitative estimate of drug-likeness (QED) is 0.631. The van der Waals surface area contributed by atoms with Crippen LogP contribution in [0.4, 0.5) is 11.5 Å². The summed E-state index contributed by atoms with van der Waals surface area (Å²) in [7, 11) is 0. The van der Waals surface area contributed by atoms with Crippen LogP contribution in [-0.2, 0) is 0 Å². The van der Waals surface area contributed by atoms with Gasteiger partial charge in [0.25, 0.3) is 5.69 Å². The molecule has 0 saturated carbocycles. The molecule has 0 aliphatic carbocycles. The zero-order valence-corrected chi connectivity index (χ0v) is 12.9. The molecular weight excluding hydrogens is 316 g/mol. The highest BCUT2D eigenvalue weighted by molar-refractivity contribution is 6.30. The third-order valence-corrected chi connectivity index (χ3v) is 4.22. The van der Waals surface area contributed by atoms with Crippen LogP contribution in [0.5, 0.6) is 0 Å². The van der Waals surface area contributed by atoms with Crippen LogP contribution in [0.3, 0.4) is 0 Å². The zero-order valence-electron chi connectivity index (χ0n) is 12.1. The molecule has 0 unspecified atom stereocenters. The summed E-state index contributed by atoms with van der Waals surface area (Å²) >= 11 is 5.93. The third-order valence-electron chi connectivity index (χ3n) is 3.96. The van der Waals surface area contributed by atoms with Gasteiger partial charge in [-0.15, -0.1) is 0 Å². The Hall–Kier alpha value is -2.65. The van der Waals surface area contributed by atoms with Crippen molar-refractivity contribution >= 4 is 23.1 Å². The van der Waals surface area contributed by atoms with Crippen LogP contribution >= 0.6 is 11.6 Å². The molecule has 1 fully saturated rings. The number of anilines is 1. The van der Waals surface area contributed by atoms with Gasteiger partial charge in [-0.3, -0.25) is 10.1 Å². The lowest BCUT2D eigenvalue weighted by molar-refractivity contribution is -0.385. The van der Waals surface area contributed by atoms with Crippen molar-refractivity contribution in [2.24, 2.45) is 0 Å². The largest absolute Gasteiger partial charge is 0.348 e. The van der Waals surface area contributed by atoms with Gasteiger partial charge in [-0.05, 0) is 30.5 Å². The standard InChI is InChI=1S/C16H13ClN4O2/c17-13-5-3-11(4-6-13)15-2-1-7-20(15)16-12(9-18)8-14(10-19-16)21(22)23/h3-6,8,10,15H,1-2,7H2/t15-/m0/s1. The van der Waals surface area contributed by atoms with Gasteiger partial charge in [-0.25, -0.2) is 4.98 Å². The van der Waals surface area contributed by atoms with Crippen LogP contribution in [0.2, 0.25) is 5.02 Å². The second kappa shape index (κ2) is 6.23. The van der Waals surface area contributed by atoms with E-state index in [1.54, 1.807) is 0 Å². The van der Waals surface area contributed by atoms with E-state index in [4.69, 9.17) is 11.6 Å². The number of benzene rings is 1. The summed E-state index contributed by atoms with van der Waals surface area (Å²) in [5.74, 6) is 0.496. The smallest absolute Gasteiger partial charge is 0.289 e. The molecule has 1 saturated heterocycles. The van der Waals surface area contributed by atoms with Gasteiger partial charge in [-0.2, -0.15) is 5.26 Å². The monoisotopic (exact) mass is 328 g/mol. The van der Waals surface area contributed by atoms with Crippen molar-refractivity contribution in [1.82, 2.24) is 4.98 Å². The maximum absolute atomic E-state index is 10.8. The number of aromatic nitrogens is 1. The van der Waals surface area contributed by atoms with E-state index < -0.39 is 4.92 Å². The second-order valence-corrected chi connectivity index (χ2v) is 5.77. The molecule has 116 valence electrons. The van der Waals surface area contributed by atoms with E-state index in [1.807, 2.05) is 35.2 Å². The van der Waals surface area contributed by atoms with Gasteiger partial charge < -0.3 is 4.90 Å². The first-order chi connectivity index (χ1) is 11.1. The number of nitriles is 1. The lowest BCUT2D eigenvalue weighted by atomic mass is 10.0. The summed E-state index contributed by atoms with van der Waals surface area (Å²) < 4.78 is 0. The van der Waals surface area contributed by atoms with Crippen molar-refractivity contribution in [3.8, 4) is 6.07 Å². The van der Waals surface area contributed by atoms with E-state index in [0.717, 1.165) is 24.9 Å². The summed E-state index contributed by atoms with van der Waals surface area (Å²) in [6.45, 7) is 0.757. The van der Waals surface area contributed by atoms with Crippen LogP contribution in [0, 0.1) is 21.4 Å². The lowest BCUT2D eigenvalue weighted by Gasteiger charge is -2.26. The normalized spacial score (nSPS) is 17.0. The molecule has 1 atom stereocenters. The van der Waals surface area contributed by atoms with Crippen molar-refractivity contribution in [2.75, 3.05) is 11.4 Å². The fourth-order valence-corrected chi connectivity index (χ4v) is 3.04. The summed E-state index contributed by atoms with van der Waals surface area (Å²) in [5, 5.41) is 20.8. The van der Waals surface area contributed by atoms with E-state index >= 15 is 0 Å². The van der Waals surface area contributed by atoms with Crippen LogP contribution < -0.4 is 4.90 Å². The van der Waals surface area contributed by atoms with Gasteiger partial charge in [-0.1, -0.05) is 23.7 Å². The highest BCUT2D eigenvalue weighted by Crippen LogP contribution is 2.37. The molecule has 0 radical (unpaired) electrons. The van der Waals surface area contributed by atoms with Crippen molar-refractivity contribution in [1.29, 1.82) is 5.26 Å². The third kappa shape index (κ3) is 2.96. The molecule has 0 N–H and O–H groups in total. The van der Waals surface area contributed by atoms with Crippen LogP contribution in [0.25, 0.3) is 0 Å². The van der Waals surface area contributed by atoms with E-state index in [2.05, 4.69) is 4.98 Å². The van der Waals surface area contributed by atoms with E-state index in [1.165, 1.54) is 12.3 Å². The predicted molar refractivity (Wildman–Crippen MR) is 86.4 cm³/mol. The SMILES string of the molecule is N#Cc1cc([N+](=O)[O-])cnc1N1CCC[C@H]1c1ccc(Cl)cc1. The van der Waals surface area contributed by atoms with Gasteiger partial charge in [0, 0.05) is 17.6 Å². The van der Waals surface area contributed by atoms with Gasteiger partial charge in [0.15, 0.2) is 0 Å². The lowest BCUT2D eigenvalue weighted by Crippen LogP contribution is -2.24. The minimum absolute atomic E-state index is 0.0910. The Morgan fingerprint density at radius 2 is 2.13 bits per heavy atom. The predicted octanol–water partition coefficient (Wildman–Crippen LogP) is 3.86. The first-order valence-corrected chi connectivity index (χ1v) is 7.54. The van der Waals surface area contributed by atoms with Gasteiger partial charge >= 0.3 is 0 Å². The summed E-state index contributed by atoms with van der Waals surface area (Å²) in [6.07, 6.45) is 3.11. The summed E-state index contributed by atoms with van der Waals surface area (Å²) in [5.41, 5.74) is 1.14. The number of hydrogen-bond donors (Lipinski definition) is 0. The Kier molecular flexibility index (Phi) is 4.13. The molecule has 0 bridgehead atoms. The Morgan fingerprint density at radius 1 is 1.39 bits per heavy atom. The first kappa shape index (κ1) is 15.3. The fourth-order valence-electron chi connectivity index (χ4n) is 2.91. The van der Waals surface area contributed by atoms with Crippen molar-refractivity contribution in [3.05, 3.63) is 62.8 Å². The molecule has 7 heteroatoms. The molecule has 23 heavy (non-hydrogen) atoms. The summed E-state index contributed by atoms with van der Waals surface area (Å²) in [6, 6.07) is 11.0. The van der Waals surface area contributed by atoms with Crippen molar-refractivity contribution in [2.45, 2.75) is 18.9 Å². The molecule has 2 aromatic rings. The Bertz CT molecular complexity index is 786. The van der Waals surface area contributed by atoms with Crippen molar-refractivity contribution in [3.63, 3.8) is 0 Å². The van der Waals surface area contributed by atoms with Gasteiger partial charge in [0.2, 0.25) is 0 Å². The Morgan fingerprint density at radius 3 is 2.78 bits per heavy atom. The molecule has 6 nitrogen and oxygen atoms in total. The van der Waals surface area contributed by atoms with Crippen LogP contribution in [0.1, 0.15) is 30.0 Å². The number of nitro groups is 1. The molecular formula is C16H13ClN4O2. The topological polar surface area (TPSA) is 83.1 Å². The molecule has 0 spiro atoms. The van der Waals surface area contributed by atoms with Crippen LogP contribution in [-0.4, -0.2) is 16.5 Å². The minimum atomic E-state index is -0.543. The number of rotatable bonds is 3. The van der Waals surface area contributed by atoms with Gasteiger partial charge in [0.1, 0.15) is 23.6 Å². The van der Waals surface area contributed by atoms with Gasteiger partial charge in [0.05, 0.1) is 11.0 Å². The number of hydrogen-bond acceptors (Lipinski definition) is 5. The van der Waals surface area contributed by atoms with E-state index in [-0.39, 0.29) is 17.3 Å². The highest BCUT2D eigenvalue weighted by atomic mass is 35.5. The Balaban J connectivity index is 1.98. The van der Waals surface area contributed by atoms with Crippen molar-refractivity contribution < 1.29 is 4.92 Å². The molecule has 1 aromatic carbocycles. The first-order valence-electron chi connectivity index (χ1n) is 7.17. The average molecular weight is 329 g/mol. The highest BCUT2D eigenvalue weighted by Gasteiger charge is 2.29. The maximum atomic E-state index is 10.8. The molecule has 1 aliphatic heterocycles. The number of nitrogens with zero attached hydrogens (tertiary/aromatic N) is 4.